The van der Waals surface area contributed by atoms with Crippen molar-refractivity contribution in [3.05, 3.63) is 53.0 Å². The molecule has 0 aliphatic carbocycles. The van der Waals surface area contributed by atoms with Gasteiger partial charge in [0.05, 0.1) is 25.6 Å². The number of hydrogen-bond donors (Lipinski definition) is 0. The lowest BCUT2D eigenvalue weighted by Crippen LogP contribution is -2.41. The third kappa shape index (κ3) is 4.61. The van der Waals surface area contributed by atoms with Crippen LogP contribution in [0.4, 0.5) is 5.82 Å². The molecule has 1 aromatic carbocycles. The van der Waals surface area contributed by atoms with E-state index in [9.17, 15) is 9.59 Å². The lowest BCUT2D eigenvalue weighted by Gasteiger charge is -2.36. The molecule has 31 heavy (non-hydrogen) atoms. The number of amides is 2. The van der Waals surface area contributed by atoms with Crippen LogP contribution >= 0.6 is 0 Å². The van der Waals surface area contributed by atoms with E-state index in [1.54, 1.807) is 12.0 Å². The predicted octanol–water partition coefficient (Wildman–Crippen LogP) is 3.35. The topological polar surface area (TPSA) is 75.6 Å². The van der Waals surface area contributed by atoms with Crippen molar-refractivity contribution in [1.82, 2.24) is 14.9 Å². The highest BCUT2D eigenvalue weighted by Crippen LogP contribution is 2.34. The number of piperidine rings is 1. The van der Waals surface area contributed by atoms with Crippen molar-refractivity contribution in [1.29, 1.82) is 0 Å². The Labute approximate surface area is 183 Å². The minimum atomic E-state index is -0.155. The average molecular weight is 423 g/mol. The first kappa shape index (κ1) is 21.4. The van der Waals surface area contributed by atoms with Crippen molar-refractivity contribution in [2.75, 3.05) is 25.2 Å². The Morgan fingerprint density at radius 1 is 1.16 bits per heavy atom. The minimum Gasteiger partial charge on any atom is -0.384 e. The second-order valence-electron chi connectivity index (χ2n) is 8.28. The van der Waals surface area contributed by atoms with E-state index >= 15 is 0 Å². The maximum absolute atomic E-state index is 12.8. The normalized spacial score (nSPS) is 18.8. The molecule has 0 N–H and O–H groups in total. The number of methoxy groups -OCH3 is 1. The second-order valence-corrected chi connectivity index (χ2v) is 8.28. The van der Waals surface area contributed by atoms with Gasteiger partial charge in [0.25, 0.3) is 0 Å². The predicted molar refractivity (Wildman–Crippen MR) is 118 cm³/mol. The summed E-state index contributed by atoms with van der Waals surface area (Å²) < 4.78 is 5.10. The molecule has 0 unspecified atom stereocenters. The van der Waals surface area contributed by atoms with Gasteiger partial charge in [0, 0.05) is 31.3 Å². The molecule has 1 fully saturated rings. The molecule has 2 aliphatic rings. The van der Waals surface area contributed by atoms with Crippen LogP contribution in [0.25, 0.3) is 0 Å². The van der Waals surface area contributed by atoms with Gasteiger partial charge in [-0.3, -0.25) is 14.5 Å². The Balaban J connectivity index is 1.68. The lowest BCUT2D eigenvalue weighted by molar-refractivity contribution is -0.136. The van der Waals surface area contributed by atoms with Crippen molar-refractivity contribution in [3.8, 4) is 0 Å². The third-order valence-electron chi connectivity index (χ3n) is 6.18. The van der Waals surface area contributed by atoms with Crippen molar-refractivity contribution in [2.45, 2.75) is 58.0 Å². The van der Waals surface area contributed by atoms with Crippen LogP contribution < -0.4 is 4.90 Å². The highest BCUT2D eigenvalue weighted by molar-refractivity contribution is 5.95. The summed E-state index contributed by atoms with van der Waals surface area (Å²) in [6.45, 7) is 3.59. The fraction of sp³-hybridized carbons (Fsp3) is 0.500. The molecular weight excluding hydrogens is 392 g/mol. The molecule has 2 aromatic rings. The first-order chi connectivity index (χ1) is 15.1. The van der Waals surface area contributed by atoms with Gasteiger partial charge in [0.15, 0.2) is 5.82 Å². The number of rotatable bonds is 6. The van der Waals surface area contributed by atoms with Crippen LogP contribution in [-0.4, -0.2) is 46.9 Å². The van der Waals surface area contributed by atoms with E-state index in [1.165, 1.54) is 0 Å². The van der Waals surface area contributed by atoms with Gasteiger partial charge in [0.1, 0.15) is 5.82 Å². The van der Waals surface area contributed by atoms with Gasteiger partial charge in [-0.25, -0.2) is 9.97 Å². The first-order valence-electron chi connectivity index (χ1n) is 11.1. The number of fused-ring (bicyclic) bond motifs is 1. The van der Waals surface area contributed by atoms with E-state index in [2.05, 4.69) is 0 Å². The Kier molecular flexibility index (Phi) is 6.61. The van der Waals surface area contributed by atoms with Crippen molar-refractivity contribution in [2.24, 2.45) is 0 Å². The van der Waals surface area contributed by atoms with E-state index in [1.807, 2.05) is 42.2 Å². The number of aryl methyl sites for hydroxylation is 1. The fourth-order valence-corrected chi connectivity index (χ4v) is 4.51. The average Bonchev–Trinajstić information content (AvgIpc) is 2.80. The van der Waals surface area contributed by atoms with Crippen molar-refractivity contribution >= 4 is 17.6 Å². The maximum Gasteiger partial charge on any atom is 0.228 e. The molecule has 2 amide bonds. The molecule has 7 heteroatoms. The smallest absolute Gasteiger partial charge is 0.228 e. The zero-order chi connectivity index (χ0) is 21.8. The maximum atomic E-state index is 12.8. The van der Waals surface area contributed by atoms with Gasteiger partial charge in [-0.15, -0.1) is 0 Å². The van der Waals surface area contributed by atoms with Crippen LogP contribution in [0.15, 0.2) is 30.3 Å². The van der Waals surface area contributed by atoms with Crippen molar-refractivity contribution < 1.29 is 14.3 Å². The van der Waals surface area contributed by atoms with E-state index < -0.39 is 0 Å². The van der Waals surface area contributed by atoms with E-state index in [0.29, 0.717) is 50.6 Å². The van der Waals surface area contributed by atoms with Crippen LogP contribution in [0, 0.1) is 6.92 Å². The fourth-order valence-electron chi connectivity index (χ4n) is 4.51. The number of benzene rings is 1. The SMILES string of the molecule is COCCC(=O)N1CCCC[C@H]1c1nc(C)c2c(n1)N(Cc1ccccc1)C(=O)CC2. The summed E-state index contributed by atoms with van der Waals surface area (Å²) in [5.41, 5.74) is 3.00. The summed E-state index contributed by atoms with van der Waals surface area (Å²) in [5, 5.41) is 0. The molecule has 0 saturated carbocycles. The molecule has 4 rings (SSSR count). The minimum absolute atomic E-state index is 0.0720. The van der Waals surface area contributed by atoms with Crippen LogP contribution in [0.2, 0.25) is 0 Å². The standard InChI is InChI=1S/C24H30N4O3/c1-17-19-11-12-21(29)28(16-18-8-4-3-5-9-18)24(19)26-23(25-17)20-10-6-7-14-27(20)22(30)13-15-31-2/h3-5,8-9,20H,6-7,10-16H2,1-2H3/t20-/m0/s1. The molecule has 2 aliphatic heterocycles. The summed E-state index contributed by atoms with van der Waals surface area (Å²) in [6.07, 6.45) is 4.34. The second kappa shape index (κ2) is 9.56. The number of carbonyl (C=O) groups excluding carboxylic acids is 2. The Morgan fingerprint density at radius 3 is 2.74 bits per heavy atom. The number of hydrogen-bond acceptors (Lipinski definition) is 5. The van der Waals surface area contributed by atoms with Gasteiger partial charge in [-0.05, 0) is 38.2 Å². The highest BCUT2D eigenvalue weighted by atomic mass is 16.5. The van der Waals surface area contributed by atoms with E-state index in [-0.39, 0.29) is 17.9 Å². The summed E-state index contributed by atoms with van der Waals surface area (Å²) >= 11 is 0. The quantitative estimate of drug-likeness (QED) is 0.714. The summed E-state index contributed by atoms with van der Waals surface area (Å²) in [7, 11) is 1.61. The third-order valence-corrected chi connectivity index (χ3v) is 6.18. The van der Waals surface area contributed by atoms with Gasteiger partial charge in [-0.2, -0.15) is 0 Å². The van der Waals surface area contributed by atoms with E-state index in [4.69, 9.17) is 14.7 Å². The molecule has 1 saturated heterocycles. The number of nitrogens with zero attached hydrogens (tertiary/aromatic N) is 4. The summed E-state index contributed by atoms with van der Waals surface area (Å²) in [6, 6.07) is 9.82. The number of ether oxygens (including phenoxy) is 1. The van der Waals surface area contributed by atoms with Crippen LogP contribution in [0.3, 0.4) is 0 Å². The molecule has 1 aromatic heterocycles. The molecule has 0 spiro atoms. The van der Waals surface area contributed by atoms with E-state index in [0.717, 1.165) is 36.1 Å². The zero-order valence-corrected chi connectivity index (χ0v) is 18.3. The van der Waals surface area contributed by atoms with Gasteiger partial charge < -0.3 is 9.64 Å². The zero-order valence-electron chi connectivity index (χ0n) is 18.3. The Morgan fingerprint density at radius 2 is 1.97 bits per heavy atom. The molecule has 0 bridgehead atoms. The molecule has 164 valence electrons. The van der Waals surface area contributed by atoms with Gasteiger partial charge >= 0.3 is 0 Å². The van der Waals surface area contributed by atoms with Crippen LogP contribution in [0.5, 0.6) is 0 Å². The van der Waals surface area contributed by atoms with Crippen LogP contribution in [-0.2, 0) is 27.3 Å². The molecule has 0 radical (unpaired) electrons. The largest absolute Gasteiger partial charge is 0.384 e. The monoisotopic (exact) mass is 422 g/mol. The molecule has 7 nitrogen and oxygen atoms in total. The molecule has 3 heterocycles. The summed E-state index contributed by atoms with van der Waals surface area (Å²) in [5.74, 6) is 1.51. The Hall–Kier alpha value is -2.80. The highest BCUT2D eigenvalue weighted by Gasteiger charge is 2.33. The number of aromatic nitrogens is 2. The Bertz CT molecular complexity index is 947. The van der Waals surface area contributed by atoms with Gasteiger partial charge in [0.2, 0.25) is 11.8 Å². The van der Waals surface area contributed by atoms with Crippen molar-refractivity contribution in [3.63, 3.8) is 0 Å². The van der Waals surface area contributed by atoms with Gasteiger partial charge in [-0.1, -0.05) is 30.3 Å². The van der Waals surface area contributed by atoms with Crippen LogP contribution in [0.1, 0.15) is 60.8 Å². The number of likely N-dealkylation sites (tertiary alicyclic amines) is 1. The molecule has 1 atom stereocenters. The lowest BCUT2D eigenvalue weighted by atomic mass is 9.99. The first-order valence-corrected chi connectivity index (χ1v) is 11.1. The number of anilines is 1. The number of carbonyl (C=O) groups is 2. The molecular formula is C24H30N4O3. The summed E-state index contributed by atoms with van der Waals surface area (Å²) in [4.78, 5) is 39.0.